The van der Waals surface area contributed by atoms with Crippen molar-refractivity contribution >= 4 is 15.9 Å². The molecule has 1 aliphatic heterocycles. The van der Waals surface area contributed by atoms with Crippen molar-refractivity contribution in [2.75, 3.05) is 20.1 Å². The van der Waals surface area contributed by atoms with Crippen molar-refractivity contribution in [3.8, 4) is 11.4 Å². The van der Waals surface area contributed by atoms with Gasteiger partial charge in [0, 0.05) is 28.5 Å². The smallest absolute Gasteiger partial charge is 0.140 e. The van der Waals surface area contributed by atoms with E-state index in [0.717, 1.165) is 41.8 Å². The molecule has 0 spiro atoms. The topological polar surface area (TPSA) is 21.1 Å². The van der Waals surface area contributed by atoms with Gasteiger partial charge in [0.2, 0.25) is 0 Å². The summed E-state index contributed by atoms with van der Waals surface area (Å²) in [5.41, 5.74) is 0.820. The zero-order valence-electron chi connectivity index (χ0n) is 11.4. The normalized spacial score (nSPS) is 17.6. The molecule has 3 nitrogen and oxygen atoms in total. The summed E-state index contributed by atoms with van der Waals surface area (Å²) in [5.74, 6) is 0.604. The fourth-order valence-corrected chi connectivity index (χ4v) is 3.25. The summed E-state index contributed by atoms with van der Waals surface area (Å²) >= 11 is 3.34. The van der Waals surface area contributed by atoms with E-state index >= 15 is 0 Å². The quantitative estimate of drug-likeness (QED) is 0.832. The number of hydrogen-bond donors (Lipinski definition) is 0. The highest BCUT2D eigenvalue weighted by atomic mass is 79.9. The van der Waals surface area contributed by atoms with Crippen molar-refractivity contribution in [2.45, 2.75) is 18.9 Å². The van der Waals surface area contributed by atoms with Crippen molar-refractivity contribution < 1.29 is 4.39 Å². The van der Waals surface area contributed by atoms with Crippen LogP contribution in [0.5, 0.6) is 0 Å². The van der Waals surface area contributed by atoms with Crippen LogP contribution in [0.1, 0.15) is 18.9 Å². The van der Waals surface area contributed by atoms with Crippen molar-refractivity contribution in [1.82, 2.24) is 14.5 Å². The molecule has 106 valence electrons. The number of hydrogen-bond acceptors (Lipinski definition) is 2. The molecule has 1 aromatic heterocycles. The van der Waals surface area contributed by atoms with Gasteiger partial charge in [-0.2, -0.15) is 0 Å². The molecule has 1 fully saturated rings. The highest BCUT2D eigenvalue weighted by molar-refractivity contribution is 9.10. The Hall–Kier alpha value is -1.20. The summed E-state index contributed by atoms with van der Waals surface area (Å²) in [7, 11) is 2.15. The molecule has 0 aliphatic carbocycles. The van der Waals surface area contributed by atoms with Gasteiger partial charge in [-0.25, -0.2) is 9.37 Å². The first kappa shape index (κ1) is 13.8. The summed E-state index contributed by atoms with van der Waals surface area (Å²) in [5, 5.41) is 0. The van der Waals surface area contributed by atoms with Gasteiger partial charge in [-0.3, -0.25) is 0 Å². The zero-order chi connectivity index (χ0) is 14.1. The second-order valence-corrected chi connectivity index (χ2v) is 6.27. The van der Waals surface area contributed by atoms with Crippen LogP contribution in [0.4, 0.5) is 4.39 Å². The summed E-state index contributed by atoms with van der Waals surface area (Å²) in [6, 6.07) is 5.37. The van der Waals surface area contributed by atoms with Crippen molar-refractivity contribution in [3.05, 3.63) is 40.9 Å². The Labute approximate surface area is 126 Å². The van der Waals surface area contributed by atoms with Crippen LogP contribution < -0.4 is 0 Å². The van der Waals surface area contributed by atoms with Gasteiger partial charge in [-0.1, -0.05) is 15.9 Å². The number of halogens is 2. The van der Waals surface area contributed by atoms with Crippen LogP contribution in [0.25, 0.3) is 11.4 Å². The Bertz CT molecular complexity index is 583. The molecule has 1 aromatic carbocycles. The molecule has 3 rings (SSSR count). The van der Waals surface area contributed by atoms with Gasteiger partial charge < -0.3 is 9.47 Å². The number of benzene rings is 1. The van der Waals surface area contributed by atoms with E-state index in [-0.39, 0.29) is 5.82 Å². The van der Waals surface area contributed by atoms with E-state index in [1.165, 1.54) is 6.07 Å². The third-order valence-corrected chi connectivity index (χ3v) is 4.33. The summed E-state index contributed by atoms with van der Waals surface area (Å²) in [6.45, 7) is 2.18. The molecule has 5 heteroatoms. The van der Waals surface area contributed by atoms with Crippen LogP contribution in [0.3, 0.4) is 0 Å². The van der Waals surface area contributed by atoms with E-state index in [1.54, 1.807) is 12.3 Å². The van der Waals surface area contributed by atoms with E-state index in [4.69, 9.17) is 0 Å². The second-order valence-electron chi connectivity index (χ2n) is 5.35. The molecule has 0 atom stereocenters. The molecule has 0 saturated carbocycles. The molecule has 0 radical (unpaired) electrons. The average molecular weight is 338 g/mol. The lowest BCUT2D eigenvalue weighted by Gasteiger charge is -2.30. The highest BCUT2D eigenvalue weighted by Crippen LogP contribution is 2.29. The molecule has 2 aromatic rings. The van der Waals surface area contributed by atoms with Crippen LogP contribution in [-0.2, 0) is 0 Å². The number of rotatable bonds is 2. The lowest BCUT2D eigenvalue weighted by atomic mass is 10.0. The molecule has 2 heterocycles. The monoisotopic (exact) mass is 337 g/mol. The molecule has 20 heavy (non-hydrogen) atoms. The first-order valence-electron chi connectivity index (χ1n) is 6.81. The third kappa shape index (κ3) is 2.79. The van der Waals surface area contributed by atoms with Gasteiger partial charge in [0.1, 0.15) is 11.6 Å². The van der Waals surface area contributed by atoms with Gasteiger partial charge in [0.25, 0.3) is 0 Å². The second kappa shape index (κ2) is 5.66. The van der Waals surface area contributed by atoms with Crippen LogP contribution in [0.2, 0.25) is 0 Å². The summed E-state index contributed by atoms with van der Waals surface area (Å²) in [4.78, 5) is 6.76. The van der Waals surface area contributed by atoms with Crippen LogP contribution >= 0.6 is 15.9 Å². The number of piperidine rings is 1. The third-order valence-electron chi connectivity index (χ3n) is 3.87. The largest absolute Gasteiger partial charge is 0.328 e. The number of likely N-dealkylation sites (tertiary alicyclic amines) is 1. The van der Waals surface area contributed by atoms with Gasteiger partial charge >= 0.3 is 0 Å². The Morgan fingerprint density at radius 2 is 2.00 bits per heavy atom. The van der Waals surface area contributed by atoms with E-state index in [9.17, 15) is 4.39 Å². The first-order chi connectivity index (χ1) is 9.63. The molecular weight excluding hydrogens is 321 g/mol. The van der Waals surface area contributed by atoms with E-state index in [0.29, 0.717) is 6.04 Å². The van der Waals surface area contributed by atoms with Crippen LogP contribution in [0.15, 0.2) is 35.1 Å². The van der Waals surface area contributed by atoms with E-state index < -0.39 is 0 Å². The van der Waals surface area contributed by atoms with E-state index in [2.05, 4.69) is 37.4 Å². The predicted molar refractivity (Wildman–Crippen MR) is 81.1 cm³/mol. The van der Waals surface area contributed by atoms with Crippen LogP contribution in [-0.4, -0.2) is 34.6 Å². The Morgan fingerprint density at radius 1 is 1.25 bits per heavy atom. The van der Waals surface area contributed by atoms with Gasteiger partial charge in [-0.05, 0) is 51.2 Å². The standard InChI is InChI=1S/C15H17BrFN3/c1-19-5-2-14(3-6-19)20-7-4-18-15(20)11-8-12(16)10-13(17)9-11/h4,7-10,14H,2-3,5-6H2,1H3. The summed E-state index contributed by atoms with van der Waals surface area (Å²) in [6.07, 6.45) is 6.02. The molecule has 0 unspecified atom stereocenters. The lowest BCUT2D eigenvalue weighted by molar-refractivity contribution is 0.222. The first-order valence-corrected chi connectivity index (χ1v) is 7.60. The SMILES string of the molecule is CN1CCC(n2ccnc2-c2cc(F)cc(Br)c2)CC1. The Morgan fingerprint density at radius 3 is 2.70 bits per heavy atom. The Kier molecular flexibility index (Phi) is 3.89. The maximum Gasteiger partial charge on any atom is 0.140 e. The van der Waals surface area contributed by atoms with Crippen LogP contribution in [0, 0.1) is 5.82 Å². The average Bonchev–Trinajstić information content (AvgIpc) is 2.87. The Balaban J connectivity index is 1.93. The lowest BCUT2D eigenvalue weighted by Crippen LogP contribution is -2.31. The van der Waals surface area contributed by atoms with Crippen molar-refractivity contribution in [1.29, 1.82) is 0 Å². The van der Waals surface area contributed by atoms with Crippen molar-refractivity contribution in [2.24, 2.45) is 0 Å². The molecule has 0 N–H and O–H groups in total. The number of aromatic nitrogens is 2. The fourth-order valence-electron chi connectivity index (χ4n) is 2.79. The highest BCUT2D eigenvalue weighted by Gasteiger charge is 2.21. The molecule has 0 amide bonds. The van der Waals surface area contributed by atoms with Gasteiger partial charge in [0.15, 0.2) is 0 Å². The minimum absolute atomic E-state index is 0.243. The fraction of sp³-hybridized carbons (Fsp3) is 0.400. The maximum absolute atomic E-state index is 13.6. The minimum atomic E-state index is -0.243. The molecule has 1 aliphatic rings. The maximum atomic E-state index is 13.6. The van der Waals surface area contributed by atoms with Gasteiger partial charge in [0.05, 0.1) is 0 Å². The summed E-state index contributed by atoms with van der Waals surface area (Å²) < 4.78 is 16.5. The van der Waals surface area contributed by atoms with Crippen molar-refractivity contribution in [3.63, 3.8) is 0 Å². The van der Waals surface area contributed by atoms with Gasteiger partial charge in [-0.15, -0.1) is 0 Å². The molecular formula is C15H17BrFN3. The zero-order valence-corrected chi connectivity index (χ0v) is 13.0. The minimum Gasteiger partial charge on any atom is -0.328 e. The molecule has 1 saturated heterocycles. The molecule has 0 bridgehead atoms. The number of imidazole rings is 1. The number of nitrogens with zero attached hydrogens (tertiary/aromatic N) is 3. The predicted octanol–water partition coefficient (Wildman–Crippen LogP) is 3.72. The van der Waals surface area contributed by atoms with E-state index in [1.807, 2.05) is 12.3 Å².